The maximum atomic E-state index is 13.3. The SMILES string of the molecule is CCCCCn1c(=O)c2c(nc3n2C[C@@H](C)CN3c2ccc(CC)cc2)n(C)c1=O. The van der Waals surface area contributed by atoms with Gasteiger partial charge in [-0.1, -0.05) is 45.7 Å². The van der Waals surface area contributed by atoms with Gasteiger partial charge < -0.3 is 9.47 Å². The number of fused-ring (bicyclic) bond motifs is 3. The van der Waals surface area contributed by atoms with E-state index in [1.54, 1.807) is 7.05 Å². The first-order valence-corrected chi connectivity index (χ1v) is 11.0. The van der Waals surface area contributed by atoms with Crippen molar-refractivity contribution >= 4 is 22.8 Å². The molecule has 3 aromatic rings. The monoisotopic (exact) mass is 409 g/mol. The van der Waals surface area contributed by atoms with E-state index in [1.807, 2.05) is 4.57 Å². The van der Waals surface area contributed by atoms with Gasteiger partial charge in [0.1, 0.15) is 0 Å². The van der Waals surface area contributed by atoms with Gasteiger partial charge in [0.15, 0.2) is 11.2 Å². The molecule has 0 saturated heterocycles. The van der Waals surface area contributed by atoms with Crippen molar-refractivity contribution in [1.82, 2.24) is 18.7 Å². The fraction of sp³-hybridized carbons (Fsp3) is 0.522. The predicted octanol–water partition coefficient (Wildman–Crippen LogP) is 3.44. The van der Waals surface area contributed by atoms with Crippen molar-refractivity contribution in [2.24, 2.45) is 13.0 Å². The summed E-state index contributed by atoms with van der Waals surface area (Å²) in [6, 6.07) is 8.50. The molecule has 3 heterocycles. The second-order valence-electron chi connectivity index (χ2n) is 8.44. The van der Waals surface area contributed by atoms with Gasteiger partial charge in [-0.25, -0.2) is 4.79 Å². The first-order valence-electron chi connectivity index (χ1n) is 11.0. The fourth-order valence-electron chi connectivity index (χ4n) is 4.35. The second-order valence-corrected chi connectivity index (χ2v) is 8.44. The van der Waals surface area contributed by atoms with Crippen LogP contribution in [-0.2, 0) is 26.6 Å². The zero-order chi connectivity index (χ0) is 21.4. The van der Waals surface area contributed by atoms with Crippen LogP contribution in [0.1, 0.15) is 45.6 Å². The summed E-state index contributed by atoms with van der Waals surface area (Å²) in [6.45, 7) is 8.44. The smallest absolute Gasteiger partial charge is 0.312 e. The lowest BCUT2D eigenvalue weighted by Crippen LogP contribution is -2.40. The minimum Gasteiger partial charge on any atom is -0.312 e. The Labute approximate surface area is 176 Å². The van der Waals surface area contributed by atoms with Gasteiger partial charge in [0.2, 0.25) is 5.95 Å². The number of unbranched alkanes of at least 4 members (excludes halogenated alkanes) is 2. The molecular weight excluding hydrogens is 378 g/mol. The van der Waals surface area contributed by atoms with Crippen molar-refractivity contribution in [2.75, 3.05) is 11.4 Å². The summed E-state index contributed by atoms with van der Waals surface area (Å²) in [5, 5.41) is 0. The van der Waals surface area contributed by atoms with Crippen molar-refractivity contribution in [1.29, 1.82) is 0 Å². The highest BCUT2D eigenvalue weighted by Gasteiger charge is 2.29. The Morgan fingerprint density at radius 2 is 1.80 bits per heavy atom. The van der Waals surface area contributed by atoms with E-state index >= 15 is 0 Å². The molecule has 0 unspecified atom stereocenters. The lowest BCUT2D eigenvalue weighted by atomic mass is 10.1. The number of benzene rings is 1. The van der Waals surface area contributed by atoms with Gasteiger partial charge in [-0.2, -0.15) is 4.98 Å². The Balaban J connectivity index is 1.88. The summed E-state index contributed by atoms with van der Waals surface area (Å²) < 4.78 is 4.92. The maximum absolute atomic E-state index is 13.3. The topological polar surface area (TPSA) is 65.1 Å². The van der Waals surface area contributed by atoms with Crippen LogP contribution in [0.2, 0.25) is 0 Å². The van der Waals surface area contributed by atoms with E-state index in [9.17, 15) is 9.59 Å². The normalized spacial score (nSPS) is 16.3. The molecule has 4 rings (SSSR count). The lowest BCUT2D eigenvalue weighted by Gasteiger charge is -2.33. The number of nitrogens with zero attached hydrogens (tertiary/aromatic N) is 5. The largest absolute Gasteiger partial charge is 0.332 e. The molecule has 7 heteroatoms. The number of anilines is 2. The van der Waals surface area contributed by atoms with Gasteiger partial charge in [-0.05, 0) is 36.5 Å². The van der Waals surface area contributed by atoms with E-state index < -0.39 is 0 Å². The van der Waals surface area contributed by atoms with Crippen molar-refractivity contribution in [3.05, 3.63) is 50.7 Å². The molecule has 2 aromatic heterocycles. The molecule has 7 nitrogen and oxygen atoms in total. The fourth-order valence-corrected chi connectivity index (χ4v) is 4.35. The second kappa shape index (κ2) is 8.13. The molecule has 0 bridgehead atoms. The zero-order valence-corrected chi connectivity index (χ0v) is 18.4. The molecule has 30 heavy (non-hydrogen) atoms. The van der Waals surface area contributed by atoms with Gasteiger partial charge in [0.05, 0.1) is 0 Å². The van der Waals surface area contributed by atoms with Crippen molar-refractivity contribution in [3.8, 4) is 0 Å². The summed E-state index contributed by atoms with van der Waals surface area (Å²) >= 11 is 0. The van der Waals surface area contributed by atoms with Crippen LogP contribution in [0.15, 0.2) is 33.9 Å². The average Bonchev–Trinajstić information content (AvgIpc) is 3.13. The van der Waals surface area contributed by atoms with Crippen LogP contribution in [0, 0.1) is 5.92 Å². The Morgan fingerprint density at radius 3 is 2.47 bits per heavy atom. The number of aryl methyl sites for hydroxylation is 2. The standard InChI is InChI=1S/C23H31N5O2/c1-5-7-8-13-26-21(29)19-20(25(4)23(26)30)24-22-27(14-16(3)15-28(19)22)18-11-9-17(6-2)10-12-18/h9-12,16H,5-8,13-15H2,1-4H3/t16-/m0/s1. The third-order valence-corrected chi connectivity index (χ3v) is 6.08. The number of rotatable bonds is 6. The van der Waals surface area contributed by atoms with E-state index in [4.69, 9.17) is 4.98 Å². The molecule has 0 fully saturated rings. The summed E-state index contributed by atoms with van der Waals surface area (Å²) in [5.74, 6) is 1.09. The molecule has 0 N–H and O–H groups in total. The first kappa shape index (κ1) is 20.4. The van der Waals surface area contributed by atoms with Crippen LogP contribution < -0.4 is 16.1 Å². The van der Waals surface area contributed by atoms with E-state index in [1.165, 1.54) is 14.7 Å². The Bertz CT molecular complexity index is 1170. The van der Waals surface area contributed by atoms with E-state index in [0.717, 1.165) is 50.4 Å². The Kier molecular flexibility index (Phi) is 5.54. The van der Waals surface area contributed by atoms with E-state index in [-0.39, 0.29) is 11.2 Å². The van der Waals surface area contributed by atoms with Crippen LogP contribution in [0.4, 0.5) is 11.6 Å². The third kappa shape index (κ3) is 3.36. The Morgan fingerprint density at radius 1 is 1.07 bits per heavy atom. The minimum absolute atomic E-state index is 0.224. The van der Waals surface area contributed by atoms with Crippen molar-refractivity contribution in [2.45, 2.75) is 59.5 Å². The van der Waals surface area contributed by atoms with Crippen molar-refractivity contribution < 1.29 is 0 Å². The molecule has 0 radical (unpaired) electrons. The highest BCUT2D eigenvalue weighted by Crippen LogP contribution is 2.32. The van der Waals surface area contributed by atoms with Gasteiger partial charge >= 0.3 is 5.69 Å². The lowest BCUT2D eigenvalue weighted by molar-refractivity contribution is 0.457. The van der Waals surface area contributed by atoms with Crippen LogP contribution in [0.5, 0.6) is 0 Å². The molecule has 160 valence electrons. The average molecular weight is 410 g/mol. The number of hydrogen-bond donors (Lipinski definition) is 0. The van der Waals surface area contributed by atoms with Crippen molar-refractivity contribution in [3.63, 3.8) is 0 Å². The maximum Gasteiger partial charge on any atom is 0.332 e. The van der Waals surface area contributed by atoms with Gasteiger partial charge in [-0.15, -0.1) is 0 Å². The van der Waals surface area contributed by atoms with Crippen LogP contribution in [-0.4, -0.2) is 25.2 Å². The first-order chi connectivity index (χ1) is 14.5. The van der Waals surface area contributed by atoms with Gasteiger partial charge in [0, 0.05) is 32.4 Å². The van der Waals surface area contributed by atoms with Crippen LogP contribution in [0.3, 0.4) is 0 Å². The molecule has 0 amide bonds. The van der Waals surface area contributed by atoms with Gasteiger partial charge in [-0.3, -0.25) is 13.9 Å². The van der Waals surface area contributed by atoms with E-state index in [2.05, 4.69) is 49.9 Å². The number of imidazole rings is 1. The molecule has 1 aliphatic rings. The minimum atomic E-state index is -0.286. The highest BCUT2D eigenvalue weighted by atomic mass is 16.2. The number of aromatic nitrogens is 4. The summed E-state index contributed by atoms with van der Waals surface area (Å²) in [6.07, 6.45) is 3.86. The molecule has 0 spiro atoms. The van der Waals surface area contributed by atoms with Crippen LogP contribution >= 0.6 is 0 Å². The number of hydrogen-bond acceptors (Lipinski definition) is 4. The molecule has 1 aliphatic heterocycles. The zero-order valence-electron chi connectivity index (χ0n) is 18.4. The molecule has 1 atom stereocenters. The van der Waals surface area contributed by atoms with E-state index in [0.29, 0.717) is 23.6 Å². The summed E-state index contributed by atoms with van der Waals surface area (Å²) in [5.41, 5.74) is 2.84. The molecule has 0 aliphatic carbocycles. The highest BCUT2D eigenvalue weighted by molar-refractivity contribution is 5.77. The Hall–Kier alpha value is -2.83. The summed E-state index contributed by atoms with van der Waals surface area (Å²) in [4.78, 5) is 33.1. The van der Waals surface area contributed by atoms with Crippen LogP contribution in [0.25, 0.3) is 11.2 Å². The quantitative estimate of drug-likeness (QED) is 0.585. The molecular formula is C23H31N5O2. The third-order valence-electron chi connectivity index (χ3n) is 6.08. The summed E-state index contributed by atoms with van der Waals surface area (Å²) in [7, 11) is 1.71. The predicted molar refractivity (Wildman–Crippen MR) is 121 cm³/mol. The van der Waals surface area contributed by atoms with Gasteiger partial charge in [0.25, 0.3) is 5.56 Å². The molecule has 0 saturated carbocycles. The molecule has 1 aromatic carbocycles.